The summed E-state index contributed by atoms with van der Waals surface area (Å²) in [6.07, 6.45) is 0. The minimum absolute atomic E-state index is 0.203. The Labute approximate surface area is 158 Å². The summed E-state index contributed by atoms with van der Waals surface area (Å²) in [5.41, 5.74) is 4.05. The summed E-state index contributed by atoms with van der Waals surface area (Å²) in [5.74, 6) is 0.647. The minimum Gasteiger partial charge on any atom is -0.361 e. The normalized spacial score (nSPS) is 11.6. The van der Waals surface area contributed by atoms with E-state index in [4.69, 9.17) is 16.1 Å². The van der Waals surface area contributed by atoms with Crippen molar-refractivity contribution in [3.8, 4) is 11.1 Å². The zero-order valence-electron chi connectivity index (χ0n) is 14.9. The second kappa shape index (κ2) is 6.78. The van der Waals surface area contributed by atoms with E-state index in [1.165, 1.54) is 0 Å². The minimum atomic E-state index is -3.78. The van der Waals surface area contributed by atoms with Gasteiger partial charge in [0.25, 0.3) is 10.0 Å². The van der Waals surface area contributed by atoms with Crippen LogP contribution < -0.4 is 4.72 Å². The highest BCUT2D eigenvalue weighted by Crippen LogP contribution is 2.31. The highest BCUT2D eigenvalue weighted by Gasteiger charge is 2.21. The molecule has 0 saturated heterocycles. The average molecular weight is 391 g/mol. The highest BCUT2D eigenvalue weighted by molar-refractivity contribution is 7.92. The molecule has 7 heteroatoms. The van der Waals surface area contributed by atoms with E-state index in [0.29, 0.717) is 33.3 Å². The summed E-state index contributed by atoms with van der Waals surface area (Å²) in [6, 6.07) is 10.4. The van der Waals surface area contributed by atoms with E-state index in [9.17, 15) is 8.42 Å². The summed E-state index contributed by atoms with van der Waals surface area (Å²) in [7, 11) is -3.78. The highest BCUT2D eigenvalue weighted by atomic mass is 35.5. The van der Waals surface area contributed by atoms with Crippen molar-refractivity contribution in [3.63, 3.8) is 0 Å². The van der Waals surface area contributed by atoms with Gasteiger partial charge in [0.2, 0.25) is 0 Å². The molecule has 3 aromatic rings. The first kappa shape index (κ1) is 18.5. The molecular formula is C19H19ClN2O3S. The quantitative estimate of drug-likeness (QED) is 0.678. The molecule has 0 unspecified atom stereocenters. The van der Waals surface area contributed by atoms with E-state index >= 15 is 0 Å². The lowest BCUT2D eigenvalue weighted by Crippen LogP contribution is -2.15. The van der Waals surface area contributed by atoms with E-state index in [0.717, 1.165) is 11.1 Å². The van der Waals surface area contributed by atoms with E-state index in [-0.39, 0.29) is 4.90 Å². The van der Waals surface area contributed by atoms with Crippen molar-refractivity contribution in [1.82, 2.24) is 5.16 Å². The van der Waals surface area contributed by atoms with Crippen LogP contribution in [0.15, 0.2) is 45.8 Å². The van der Waals surface area contributed by atoms with Gasteiger partial charge in [0.1, 0.15) is 5.76 Å². The lowest BCUT2D eigenvalue weighted by atomic mass is 10.0. The molecule has 1 heterocycles. The largest absolute Gasteiger partial charge is 0.361 e. The Morgan fingerprint density at radius 2 is 1.81 bits per heavy atom. The first-order valence-electron chi connectivity index (χ1n) is 8.02. The van der Waals surface area contributed by atoms with Crippen LogP contribution in [-0.2, 0) is 10.0 Å². The van der Waals surface area contributed by atoms with Gasteiger partial charge in [-0.05, 0) is 62.6 Å². The number of halogens is 1. The Hall–Kier alpha value is -2.31. The summed E-state index contributed by atoms with van der Waals surface area (Å²) in [5, 5.41) is 4.45. The van der Waals surface area contributed by atoms with Crippen molar-refractivity contribution >= 4 is 27.3 Å². The lowest BCUT2D eigenvalue weighted by Gasteiger charge is -2.14. The Morgan fingerprint density at radius 1 is 1.08 bits per heavy atom. The Bertz CT molecular complexity index is 1070. The molecule has 1 aromatic heterocycles. The van der Waals surface area contributed by atoms with Crippen LogP contribution in [0.3, 0.4) is 0 Å². The van der Waals surface area contributed by atoms with Gasteiger partial charge < -0.3 is 4.52 Å². The summed E-state index contributed by atoms with van der Waals surface area (Å²) in [6.45, 7) is 7.16. The number of aromatic nitrogens is 1. The molecule has 0 atom stereocenters. The van der Waals surface area contributed by atoms with Gasteiger partial charge >= 0.3 is 0 Å². The maximum absolute atomic E-state index is 13.0. The number of sulfonamides is 1. The van der Waals surface area contributed by atoms with Gasteiger partial charge in [0, 0.05) is 10.6 Å². The van der Waals surface area contributed by atoms with Crippen molar-refractivity contribution in [2.45, 2.75) is 32.6 Å². The first-order chi connectivity index (χ1) is 12.2. The first-order valence-corrected chi connectivity index (χ1v) is 9.88. The molecule has 0 spiro atoms. The predicted molar refractivity (Wildman–Crippen MR) is 103 cm³/mol. The van der Waals surface area contributed by atoms with Crippen LogP contribution in [0.4, 0.5) is 5.69 Å². The average Bonchev–Trinajstić information content (AvgIpc) is 2.91. The van der Waals surface area contributed by atoms with Crippen LogP contribution in [0.5, 0.6) is 0 Å². The number of rotatable bonds is 4. The standard InChI is InChI=1S/C19H19ClN2O3S/c1-11-8-9-15(19-13(3)21-25-14(19)4)10-18(11)26(23,24)22-17-7-5-6-16(20)12(17)2/h5-10,22H,1-4H3. The topological polar surface area (TPSA) is 72.2 Å². The van der Waals surface area contributed by atoms with Crippen molar-refractivity contribution in [1.29, 1.82) is 0 Å². The van der Waals surface area contributed by atoms with E-state index in [2.05, 4.69) is 9.88 Å². The van der Waals surface area contributed by atoms with Crippen LogP contribution in [0, 0.1) is 27.7 Å². The number of aryl methyl sites for hydroxylation is 3. The predicted octanol–water partition coefficient (Wildman–Crippen LogP) is 5.03. The third-order valence-corrected chi connectivity index (χ3v) is 6.23. The van der Waals surface area contributed by atoms with Gasteiger partial charge in [-0.1, -0.05) is 35.0 Å². The van der Waals surface area contributed by atoms with Crippen LogP contribution in [0.1, 0.15) is 22.6 Å². The number of hydrogen-bond acceptors (Lipinski definition) is 4. The van der Waals surface area contributed by atoms with Crippen LogP contribution in [0.2, 0.25) is 5.02 Å². The van der Waals surface area contributed by atoms with Gasteiger partial charge in [-0.2, -0.15) is 0 Å². The van der Waals surface area contributed by atoms with Crippen LogP contribution in [0.25, 0.3) is 11.1 Å². The Balaban J connectivity index is 2.08. The summed E-state index contributed by atoms with van der Waals surface area (Å²) >= 11 is 6.10. The molecule has 0 radical (unpaired) electrons. The van der Waals surface area contributed by atoms with Crippen LogP contribution in [-0.4, -0.2) is 13.6 Å². The number of anilines is 1. The molecule has 0 aliphatic heterocycles. The van der Waals surface area contributed by atoms with Gasteiger partial charge in [0.05, 0.1) is 16.3 Å². The Morgan fingerprint density at radius 3 is 2.46 bits per heavy atom. The van der Waals surface area contributed by atoms with Crippen molar-refractivity contribution < 1.29 is 12.9 Å². The van der Waals surface area contributed by atoms with Crippen LogP contribution >= 0.6 is 11.6 Å². The van der Waals surface area contributed by atoms with E-state index in [1.807, 2.05) is 13.0 Å². The fraction of sp³-hybridized carbons (Fsp3) is 0.211. The monoisotopic (exact) mass is 390 g/mol. The second-order valence-corrected chi connectivity index (χ2v) is 8.26. The third-order valence-electron chi connectivity index (χ3n) is 4.31. The molecule has 0 amide bonds. The molecule has 0 aliphatic rings. The SMILES string of the molecule is Cc1ccc(-c2c(C)noc2C)cc1S(=O)(=O)Nc1cccc(Cl)c1C. The molecule has 26 heavy (non-hydrogen) atoms. The molecule has 5 nitrogen and oxygen atoms in total. The van der Waals surface area contributed by atoms with E-state index in [1.54, 1.807) is 51.1 Å². The number of nitrogens with one attached hydrogen (secondary N) is 1. The van der Waals surface area contributed by atoms with Crippen molar-refractivity contribution in [2.24, 2.45) is 0 Å². The zero-order valence-corrected chi connectivity index (χ0v) is 16.5. The van der Waals surface area contributed by atoms with Gasteiger partial charge in [0.15, 0.2) is 0 Å². The zero-order chi connectivity index (χ0) is 19.1. The second-order valence-electron chi connectivity index (χ2n) is 6.20. The van der Waals surface area contributed by atoms with Crippen molar-refractivity contribution in [2.75, 3.05) is 4.72 Å². The molecule has 0 bridgehead atoms. The molecule has 136 valence electrons. The number of hydrogen-bond donors (Lipinski definition) is 1. The Kier molecular flexibility index (Phi) is 4.82. The molecule has 0 aliphatic carbocycles. The molecule has 1 N–H and O–H groups in total. The van der Waals surface area contributed by atoms with Gasteiger partial charge in [-0.3, -0.25) is 4.72 Å². The fourth-order valence-electron chi connectivity index (χ4n) is 2.86. The summed E-state index contributed by atoms with van der Waals surface area (Å²) < 4.78 is 33.8. The van der Waals surface area contributed by atoms with Crippen molar-refractivity contribution in [3.05, 3.63) is 64.0 Å². The molecule has 0 saturated carbocycles. The summed E-state index contributed by atoms with van der Waals surface area (Å²) in [4.78, 5) is 0.203. The molecule has 3 rings (SSSR count). The van der Waals surface area contributed by atoms with Gasteiger partial charge in [-0.25, -0.2) is 8.42 Å². The number of nitrogens with zero attached hydrogens (tertiary/aromatic N) is 1. The third kappa shape index (κ3) is 3.34. The maximum atomic E-state index is 13.0. The number of benzene rings is 2. The lowest BCUT2D eigenvalue weighted by molar-refractivity contribution is 0.393. The smallest absolute Gasteiger partial charge is 0.262 e. The molecule has 2 aromatic carbocycles. The molecule has 0 fully saturated rings. The van der Waals surface area contributed by atoms with E-state index < -0.39 is 10.0 Å². The molecular weight excluding hydrogens is 372 g/mol. The maximum Gasteiger partial charge on any atom is 0.262 e. The fourth-order valence-corrected chi connectivity index (χ4v) is 4.43. The van der Waals surface area contributed by atoms with Gasteiger partial charge in [-0.15, -0.1) is 0 Å².